The largest absolute Gasteiger partial charge is 0.480 e. The van der Waals surface area contributed by atoms with Crippen LogP contribution in [0.1, 0.15) is 13.8 Å². The lowest BCUT2D eigenvalue weighted by Gasteiger charge is -2.17. The van der Waals surface area contributed by atoms with E-state index in [1.165, 1.54) is 6.07 Å². The number of nitrogens with one attached hydrogen (secondary N) is 1. The maximum Gasteiger partial charge on any atom is 0.322 e. The normalized spacial score (nSPS) is 13.9. The quantitative estimate of drug-likeness (QED) is 0.834. The van der Waals surface area contributed by atoms with Crippen molar-refractivity contribution in [1.29, 1.82) is 0 Å². The molecule has 1 aromatic rings. The first kappa shape index (κ1) is 13.1. The minimum Gasteiger partial charge on any atom is -0.480 e. The SMILES string of the molecule is CC(C)[C@H](NS(=O)(=O)c1cccs1)C(=O)O. The molecule has 0 amide bonds. The van der Waals surface area contributed by atoms with Crippen molar-refractivity contribution in [1.82, 2.24) is 4.72 Å². The van der Waals surface area contributed by atoms with E-state index in [1.807, 2.05) is 0 Å². The van der Waals surface area contributed by atoms with Gasteiger partial charge in [-0.25, -0.2) is 8.42 Å². The van der Waals surface area contributed by atoms with Gasteiger partial charge in [0.2, 0.25) is 0 Å². The third-order valence-electron chi connectivity index (χ3n) is 1.97. The maximum atomic E-state index is 11.7. The van der Waals surface area contributed by atoms with Crippen LogP contribution >= 0.6 is 11.3 Å². The molecule has 1 heterocycles. The van der Waals surface area contributed by atoms with E-state index < -0.39 is 22.0 Å². The number of sulfonamides is 1. The molecule has 0 fully saturated rings. The fraction of sp³-hybridized carbons (Fsp3) is 0.444. The van der Waals surface area contributed by atoms with Crippen LogP contribution in [0.5, 0.6) is 0 Å². The van der Waals surface area contributed by atoms with Gasteiger partial charge in [0, 0.05) is 0 Å². The highest BCUT2D eigenvalue weighted by molar-refractivity contribution is 7.91. The Morgan fingerprint density at radius 2 is 2.12 bits per heavy atom. The van der Waals surface area contributed by atoms with Crippen LogP contribution < -0.4 is 4.72 Å². The first-order valence-electron chi connectivity index (χ1n) is 4.63. The number of hydrogen-bond donors (Lipinski definition) is 2. The average molecular weight is 263 g/mol. The minimum absolute atomic E-state index is 0.124. The fourth-order valence-electron chi connectivity index (χ4n) is 1.11. The van der Waals surface area contributed by atoms with E-state index in [0.717, 1.165) is 11.3 Å². The molecule has 0 aliphatic rings. The summed E-state index contributed by atoms with van der Waals surface area (Å²) in [5.74, 6) is -1.48. The highest BCUT2D eigenvalue weighted by Gasteiger charge is 2.28. The first-order valence-corrected chi connectivity index (χ1v) is 6.99. The molecular weight excluding hydrogens is 250 g/mol. The molecule has 1 rings (SSSR count). The van der Waals surface area contributed by atoms with E-state index in [2.05, 4.69) is 4.72 Å². The zero-order chi connectivity index (χ0) is 12.3. The van der Waals surface area contributed by atoms with Gasteiger partial charge in [0.1, 0.15) is 10.3 Å². The summed E-state index contributed by atoms with van der Waals surface area (Å²) in [6.07, 6.45) is 0. The Kier molecular flexibility index (Phi) is 4.06. The van der Waals surface area contributed by atoms with Crippen molar-refractivity contribution in [2.75, 3.05) is 0 Å². The Bertz CT molecular complexity index is 450. The molecular formula is C9H13NO4S2. The summed E-state index contributed by atoms with van der Waals surface area (Å²) in [4.78, 5) is 10.9. The molecule has 7 heteroatoms. The van der Waals surface area contributed by atoms with Crippen LogP contribution in [0.25, 0.3) is 0 Å². The number of thiophene rings is 1. The van der Waals surface area contributed by atoms with Gasteiger partial charge in [0.05, 0.1) is 0 Å². The minimum atomic E-state index is -3.72. The van der Waals surface area contributed by atoms with Crippen LogP contribution in [0.4, 0.5) is 0 Å². The standard InChI is InChI=1S/C9H13NO4S2/c1-6(2)8(9(11)12)10-16(13,14)7-4-3-5-15-7/h3-6,8,10H,1-2H3,(H,11,12)/t8-/m0/s1. The molecule has 0 bridgehead atoms. The lowest BCUT2D eigenvalue weighted by molar-refractivity contribution is -0.140. The molecule has 16 heavy (non-hydrogen) atoms. The van der Waals surface area contributed by atoms with Crippen molar-refractivity contribution in [2.45, 2.75) is 24.1 Å². The molecule has 0 spiro atoms. The second-order valence-electron chi connectivity index (χ2n) is 3.61. The Morgan fingerprint density at radius 1 is 1.50 bits per heavy atom. The predicted octanol–water partition coefficient (Wildman–Crippen LogP) is 1.14. The Hall–Kier alpha value is -0.920. The van der Waals surface area contributed by atoms with Gasteiger partial charge in [0.15, 0.2) is 0 Å². The molecule has 0 aromatic carbocycles. The van der Waals surface area contributed by atoms with Gasteiger partial charge in [-0.3, -0.25) is 4.79 Å². The second-order valence-corrected chi connectivity index (χ2v) is 6.50. The number of carboxylic acid groups (broad SMARTS) is 1. The Morgan fingerprint density at radius 3 is 2.50 bits per heavy atom. The molecule has 0 unspecified atom stereocenters. The number of aliphatic carboxylic acids is 1. The van der Waals surface area contributed by atoms with Crippen LogP contribution in [0, 0.1) is 5.92 Å². The summed E-state index contributed by atoms with van der Waals surface area (Å²) in [6, 6.07) is 1.93. The van der Waals surface area contributed by atoms with Gasteiger partial charge in [-0.15, -0.1) is 11.3 Å². The summed E-state index contributed by atoms with van der Waals surface area (Å²) in [6.45, 7) is 3.30. The lowest BCUT2D eigenvalue weighted by atomic mass is 10.1. The van der Waals surface area contributed by atoms with E-state index in [-0.39, 0.29) is 10.1 Å². The predicted molar refractivity (Wildman–Crippen MR) is 60.9 cm³/mol. The van der Waals surface area contributed by atoms with Gasteiger partial charge in [0.25, 0.3) is 10.0 Å². The van der Waals surface area contributed by atoms with Crippen molar-refractivity contribution >= 4 is 27.3 Å². The second kappa shape index (κ2) is 4.94. The van der Waals surface area contributed by atoms with Crippen LogP contribution in [0.15, 0.2) is 21.7 Å². The monoisotopic (exact) mass is 263 g/mol. The maximum absolute atomic E-state index is 11.7. The molecule has 90 valence electrons. The van der Waals surface area contributed by atoms with E-state index in [0.29, 0.717) is 0 Å². The molecule has 1 aromatic heterocycles. The summed E-state index contributed by atoms with van der Waals surface area (Å²) in [5, 5.41) is 10.5. The number of rotatable bonds is 5. The third-order valence-corrected chi connectivity index (χ3v) is 4.81. The third kappa shape index (κ3) is 3.03. The van der Waals surface area contributed by atoms with Crippen molar-refractivity contribution in [3.05, 3.63) is 17.5 Å². The summed E-state index contributed by atoms with van der Waals surface area (Å²) < 4.78 is 25.8. The zero-order valence-corrected chi connectivity index (χ0v) is 10.5. The summed E-state index contributed by atoms with van der Waals surface area (Å²) in [7, 11) is -3.72. The topological polar surface area (TPSA) is 83.5 Å². The smallest absolute Gasteiger partial charge is 0.322 e. The van der Waals surface area contributed by atoms with Gasteiger partial charge in [-0.05, 0) is 17.4 Å². The molecule has 0 radical (unpaired) electrons. The molecule has 0 aliphatic heterocycles. The molecule has 5 nitrogen and oxygen atoms in total. The average Bonchev–Trinajstić information content (AvgIpc) is 2.66. The first-order chi connectivity index (χ1) is 7.34. The molecule has 0 aliphatic carbocycles. The van der Waals surface area contributed by atoms with Crippen molar-refractivity contribution < 1.29 is 18.3 Å². The summed E-state index contributed by atoms with van der Waals surface area (Å²) in [5.41, 5.74) is 0. The van der Waals surface area contributed by atoms with Gasteiger partial charge in [-0.1, -0.05) is 19.9 Å². The van der Waals surface area contributed by atoms with Crippen molar-refractivity contribution in [3.8, 4) is 0 Å². The van der Waals surface area contributed by atoms with E-state index in [9.17, 15) is 13.2 Å². The van der Waals surface area contributed by atoms with Gasteiger partial charge < -0.3 is 5.11 Å². The van der Waals surface area contributed by atoms with E-state index in [1.54, 1.807) is 25.3 Å². The zero-order valence-electron chi connectivity index (χ0n) is 8.88. The van der Waals surface area contributed by atoms with Crippen molar-refractivity contribution in [2.24, 2.45) is 5.92 Å². The molecule has 0 saturated carbocycles. The van der Waals surface area contributed by atoms with Gasteiger partial charge in [-0.2, -0.15) is 4.72 Å². The number of hydrogen-bond acceptors (Lipinski definition) is 4. The Labute approximate surface area is 98.2 Å². The van der Waals surface area contributed by atoms with Crippen molar-refractivity contribution in [3.63, 3.8) is 0 Å². The van der Waals surface area contributed by atoms with Crippen LogP contribution in [0.3, 0.4) is 0 Å². The summed E-state index contributed by atoms with van der Waals surface area (Å²) >= 11 is 1.05. The highest BCUT2D eigenvalue weighted by atomic mass is 32.2. The lowest BCUT2D eigenvalue weighted by Crippen LogP contribution is -2.43. The molecule has 1 atom stereocenters. The van der Waals surface area contributed by atoms with E-state index >= 15 is 0 Å². The van der Waals surface area contributed by atoms with Gasteiger partial charge >= 0.3 is 5.97 Å². The number of carboxylic acids is 1. The Balaban J connectivity index is 2.92. The van der Waals surface area contributed by atoms with Crippen LogP contribution in [-0.4, -0.2) is 25.5 Å². The molecule has 2 N–H and O–H groups in total. The fourth-order valence-corrected chi connectivity index (χ4v) is 3.46. The van der Waals surface area contributed by atoms with Crippen LogP contribution in [-0.2, 0) is 14.8 Å². The van der Waals surface area contributed by atoms with Crippen LogP contribution in [0.2, 0.25) is 0 Å². The van der Waals surface area contributed by atoms with E-state index in [4.69, 9.17) is 5.11 Å². The molecule has 0 saturated heterocycles. The number of carbonyl (C=O) groups is 1. The highest BCUT2D eigenvalue weighted by Crippen LogP contribution is 2.17.